The van der Waals surface area contributed by atoms with Gasteiger partial charge in [-0.05, 0) is 41.3 Å². The van der Waals surface area contributed by atoms with E-state index in [2.05, 4.69) is 0 Å². The van der Waals surface area contributed by atoms with Crippen molar-refractivity contribution in [1.29, 1.82) is 0 Å². The number of halogens is 2. The predicted molar refractivity (Wildman–Crippen MR) is 71.9 cm³/mol. The number of benzene rings is 1. The first kappa shape index (κ1) is 11.8. The summed E-state index contributed by atoms with van der Waals surface area (Å²) in [6.45, 7) is 0. The average molecular weight is 347 g/mol. The molecule has 1 unspecified atom stereocenters. The Hall–Kier alpha value is -0.680. The van der Waals surface area contributed by atoms with Gasteiger partial charge in [0.25, 0.3) is 5.24 Å². The van der Waals surface area contributed by atoms with Crippen LogP contribution >= 0.6 is 34.2 Å². The van der Waals surface area contributed by atoms with E-state index < -0.39 is 5.24 Å². The molecule has 2 rings (SSSR count). The van der Waals surface area contributed by atoms with Gasteiger partial charge in [-0.15, -0.1) is 0 Å². The summed E-state index contributed by atoms with van der Waals surface area (Å²) in [5.74, 6) is -0.0503. The zero-order valence-corrected chi connectivity index (χ0v) is 11.2. The van der Waals surface area contributed by atoms with Crippen LogP contribution in [0.3, 0.4) is 0 Å². The highest BCUT2D eigenvalue weighted by atomic mass is 127. The molecule has 1 aromatic carbocycles. The molecule has 1 aliphatic rings. The molecule has 1 aliphatic carbocycles. The zero-order valence-electron chi connectivity index (χ0n) is 8.24. The minimum absolute atomic E-state index is 0.0503. The first-order valence-electron chi connectivity index (χ1n) is 4.78. The Morgan fingerprint density at radius 2 is 2.12 bits per heavy atom. The van der Waals surface area contributed by atoms with Crippen LogP contribution in [0.15, 0.2) is 24.3 Å². The van der Waals surface area contributed by atoms with E-state index in [0.29, 0.717) is 12.0 Å². The summed E-state index contributed by atoms with van der Waals surface area (Å²) in [5, 5.41) is -0.455. The molecule has 4 heteroatoms. The molecule has 0 amide bonds. The first-order valence-corrected chi connectivity index (χ1v) is 6.24. The van der Waals surface area contributed by atoms with Gasteiger partial charge in [0.05, 0.1) is 5.92 Å². The van der Waals surface area contributed by atoms with E-state index in [0.717, 1.165) is 11.1 Å². The van der Waals surface area contributed by atoms with E-state index in [1.54, 1.807) is 12.1 Å². The van der Waals surface area contributed by atoms with Crippen LogP contribution in [0, 0.1) is 5.92 Å². The van der Waals surface area contributed by atoms with Crippen molar-refractivity contribution in [3.63, 3.8) is 0 Å². The van der Waals surface area contributed by atoms with Gasteiger partial charge >= 0.3 is 0 Å². The van der Waals surface area contributed by atoms with Crippen LogP contribution in [0.1, 0.15) is 21.5 Å². The second kappa shape index (κ2) is 4.67. The van der Waals surface area contributed by atoms with Crippen molar-refractivity contribution in [3.8, 4) is 0 Å². The van der Waals surface area contributed by atoms with Crippen LogP contribution in [-0.2, 0) is 11.2 Å². The standard InChI is InChI=1S/C12H8ClIO2/c13-11(15)9-3-1-8-6-10(12(14)16)4-2-7(8)5-9/h1-5,10H,6H2. The molecule has 0 aliphatic heterocycles. The maximum absolute atomic E-state index is 11.2. The third-order valence-electron chi connectivity index (χ3n) is 2.61. The normalized spacial score (nSPS) is 18.0. The van der Waals surface area contributed by atoms with Crippen molar-refractivity contribution in [1.82, 2.24) is 0 Å². The van der Waals surface area contributed by atoms with E-state index in [-0.39, 0.29) is 9.71 Å². The Kier molecular flexibility index (Phi) is 3.44. The van der Waals surface area contributed by atoms with E-state index in [4.69, 9.17) is 11.6 Å². The first-order chi connectivity index (χ1) is 7.58. The lowest BCUT2D eigenvalue weighted by Gasteiger charge is -2.16. The molecule has 1 aromatic rings. The van der Waals surface area contributed by atoms with Gasteiger partial charge in [-0.1, -0.05) is 18.2 Å². The average Bonchev–Trinajstić information content (AvgIpc) is 2.27. The number of hydrogen-bond acceptors (Lipinski definition) is 2. The van der Waals surface area contributed by atoms with Crippen molar-refractivity contribution in [2.75, 3.05) is 0 Å². The Morgan fingerprint density at radius 1 is 1.38 bits per heavy atom. The van der Waals surface area contributed by atoms with E-state index in [1.807, 2.05) is 40.8 Å². The summed E-state index contributed by atoms with van der Waals surface area (Å²) in [4.78, 5) is 22.2. The summed E-state index contributed by atoms with van der Waals surface area (Å²) in [5.41, 5.74) is 2.55. The van der Waals surface area contributed by atoms with Gasteiger partial charge < -0.3 is 0 Å². The Morgan fingerprint density at radius 3 is 2.75 bits per heavy atom. The van der Waals surface area contributed by atoms with Gasteiger partial charge in [0.15, 0.2) is 3.79 Å². The van der Waals surface area contributed by atoms with Gasteiger partial charge in [0, 0.05) is 28.2 Å². The second-order valence-electron chi connectivity index (χ2n) is 3.66. The number of rotatable bonds is 2. The van der Waals surface area contributed by atoms with Gasteiger partial charge in [0.1, 0.15) is 0 Å². The fourth-order valence-electron chi connectivity index (χ4n) is 1.74. The van der Waals surface area contributed by atoms with Crippen LogP contribution < -0.4 is 0 Å². The lowest BCUT2D eigenvalue weighted by molar-refractivity contribution is -0.111. The molecule has 0 bridgehead atoms. The molecule has 82 valence electrons. The Balaban J connectivity index is 2.36. The van der Waals surface area contributed by atoms with Crippen molar-refractivity contribution in [2.24, 2.45) is 5.92 Å². The SMILES string of the molecule is O=C(Cl)c1ccc2c(c1)C=CC(C(=O)I)C2. The fourth-order valence-corrected chi connectivity index (χ4v) is 2.28. The van der Waals surface area contributed by atoms with Gasteiger partial charge in [-0.3, -0.25) is 9.59 Å². The van der Waals surface area contributed by atoms with E-state index in [1.165, 1.54) is 0 Å². The van der Waals surface area contributed by atoms with Gasteiger partial charge in [-0.2, -0.15) is 0 Å². The summed E-state index contributed by atoms with van der Waals surface area (Å²) in [6, 6.07) is 5.32. The van der Waals surface area contributed by atoms with Crippen molar-refractivity contribution in [3.05, 3.63) is 41.0 Å². The van der Waals surface area contributed by atoms with Crippen LogP contribution in [-0.4, -0.2) is 9.03 Å². The quantitative estimate of drug-likeness (QED) is 0.609. The van der Waals surface area contributed by atoms with E-state index >= 15 is 0 Å². The maximum Gasteiger partial charge on any atom is 0.252 e. The maximum atomic E-state index is 11.2. The molecule has 0 fully saturated rings. The number of carbonyl (C=O) groups excluding carboxylic acids is 2. The monoisotopic (exact) mass is 346 g/mol. The fraction of sp³-hybridized carbons (Fsp3) is 0.167. The van der Waals surface area contributed by atoms with Gasteiger partial charge in [-0.25, -0.2) is 0 Å². The Bertz CT molecular complexity index is 494. The molecule has 0 heterocycles. The molecule has 1 atom stereocenters. The molecular weight excluding hydrogens is 338 g/mol. The molecule has 0 radical (unpaired) electrons. The van der Waals surface area contributed by atoms with Crippen LogP contribution in [0.4, 0.5) is 0 Å². The van der Waals surface area contributed by atoms with Crippen molar-refractivity contribution >= 4 is 49.3 Å². The van der Waals surface area contributed by atoms with Crippen molar-refractivity contribution in [2.45, 2.75) is 6.42 Å². The van der Waals surface area contributed by atoms with E-state index in [9.17, 15) is 9.59 Å². The molecule has 16 heavy (non-hydrogen) atoms. The van der Waals surface area contributed by atoms with Crippen LogP contribution in [0.5, 0.6) is 0 Å². The number of allylic oxidation sites excluding steroid dienone is 1. The molecule has 0 saturated carbocycles. The summed E-state index contributed by atoms with van der Waals surface area (Å²) in [7, 11) is 0. The third kappa shape index (κ3) is 2.35. The van der Waals surface area contributed by atoms with Gasteiger partial charge in [0.2, 0.25) is 0 Å². The molecule has 0 spiro atoms. The summed E-state index contributed by atoms with van der Waals surface area (Å²) < 4.78 is 0.136. The highest BCUT2D eigenvalue weighted by Gasteiger charge is 2.19. The lowest BCUT2D eigenvalue weighted by Crippen LogP contribution is -2.13. The zero-order chi connectivity index (χ0) is 11.7. The summed E-state index contributed by atoms with van der Waals surface area (Å²) in [6.07, 6.45) is 4.45. The number of hydrogen-bond donors (Lipinski definition) is 0. The molecule has 0 N–H and O–H groups in total. The lowest BCUT2D eigenvalue weighted by atomic mass is 9.89. The minimum atomic E-state index is -0.455. The largest absolute Gasteiger partial charge is 0.287 e. The molecular formula is C12H8ClIO2. The summed E-state index contributed by atoms with van der Waals surface area (Å²) >= 11 is 7.22. The number of fused-ring (bicyclic) bond motifs is 1. The highest BCUT2D eigenvalue weighted by molar-refractivity contribution is 14.1. The Labute approximate surface area is 112 Å². The molecule has 2 nitrogen and oxygen atoms in total. The predicted octanol–water partition coefficient (Wildman–Crippen LogP) is 3.21. The molecule has 0 aromatic heterocycles. The third-order valence-corrected chi connectivity index (χ3v) is 3.63. The number of carbonyl (C=O) groups is 2. The van der Waals surface area contributed by atoms with Crippen LogP contribution in [0.2, 0.25) is 0 Å². The second-order valence-corrected chi connectivity index (χ2v) is 5.07. The smallest absolute Gasteiger partial charge is 0.252 e. The minimum Gasteiger partial charge on any atom is -0.287 e. The van der Waals surface area contributed by atoms with Crippen molar-refractivity contribution < 1.29 is 9.59 Å². The highest BCUT2D eigenvalue weighted by Crippen LogP contribution is 2.26. The van der Waals surface area contributed by atoms with Crippen LogP contribution in [0.25, 0.3) is 6.08 Å². The topological polar surface area (TPSA) is 34.1 Å². The molecule has 0 saturated heterocycles.